The van der Waals surface area contributed by atoms with Gasteiger partial charge in [0, 0.05) is 31.8 Å². The molecule has 0 bridgehead atoms. The van der Waals surface area contributed by atoms with Crippen molar-refractivity contribution < 1.29 is 13.9 Å². The summed E-state index contributed by atoms with van der Waals surface area (Å²) in [6.45, 7) is 6.10. The predicted octanol–water partition coefficient (Wildman–Crippen LogP) is 2.09. The lowest BCUT2D eigenvalue weighted by atomic mass is 10.2. The SMILES string of the molecule is CCN(CCC(=O)Nc1cc(N)ccc1F)C(C)COC. The smallest absolute Gasteiger partial charge is 0.225 e. The summed E-state index contributed by atoms with van der Waals surface area (Å²) in [7, 11) is 1.65. The number of amides is 1. The molecule has 0 saturated carbocycles. The Kier molecular flexibility index (Phi) is 7.11. The average Bonchev–Trinajstić information content (AvgIpc) is 2.44. The molecule has 1 unspecified atom stereocenters. The number of methoxy groups -OCH3 is 1. The fraction of sp³-hybridized carbons (Fsp3) is 0.533. The molecule has 6 heteroatoms. The molecule has 0 aliphatic heterocycles. The molecular weight excluding hydrogens is 273 g/mol. The Morgan fingerprint density at radius 1 is 1.52 bits per heavy atom. The number of halogens is 1. The lowest BCUT2D eigenvalue weighted by Crippen LogP contribution is -2.38. The fourth-order valence-electron chi connectivity index (χ4n) is 2.13. The second kappa shape index (κ2) is 8.59. The molecule has 0 aromatic heterocycles. The van der Waals surface area contributed by atoms with E-state index in [2.05, 4.69) is 10.2 Å². The Hall–Kier alpha value is -1.66. The Bertz CT molecular complexity index is 468. The molecule has 0 fully saturated rings. The first-order valence-corrected chi connectivity index (χ1v) is 7.05. The third-order valence-electron chi connectivity index (χ3n) is 3.33. The van der Waals surface area contributed by atoms with Gasteiger partial charge in [-0.05, 0) is 31.7 Å². The number of nitrogens with two attached hydrogens (primary N) is 1. The summed E-state index contributed by atoms with van der Waals surface area (Å²) in [5.74, 6) is -0.722. The molecule has 0 saturated heterocycles. The van der Waals surface area contributed by atoms with Crippen LogP contribution >= 0.6 is 0 Å². The first kappa shape index (κ1) is 17.4. The number of nitrogens with one attached hydrogen (secondary N) is 1. The van der Waals surface area contributed by atoms with Crippen molar-refractivity contribution in [3.05, 3.63) is 24.0 Å². The molecule has 0 radical (unpaired) electrons. The van der Waals surface area contributed by atoms with E-state index in [4.69, 9.17) is 10.5 Å². The minimum Gasteiger partial charge on any atom is -0.399 e. The molecule has 3 N–H and O–H groups in total. The zero-order valence-corrected chi connectivity index (χ0v) is 12.9. The van der Waals surface area contributed by atoms with Crippen LogP contribution in [0.2, 0.25) is 0 Å². The molecule has 1 amide bonds. The lowest BCUT2D eigenvalue weighted by Gasteiger charge is -2.26. The normalized spacial score (nSPS) is 12.4. The Balaban J connectivity index is 2.51. The van der Waals surface area contributed by atoms with Gasteiger partial charge in [0.2, 0.25) is 5.91 Å². The number of benzene rings is 1. The van der Waals surface area contributed by atoms with E-state index >= 15 is 0 Å². The van der Waals surface area contributed by atoms with Crippen LogP contribution in [0, 0.1) is 5.82 Å². The van der Waals surface area contributed by atoms with Crippen LogP contribution in [0.3, 0.4) is 0 Å². The van der Waals surface area contributed by atoms with Crippen molar-refractivity contribution in [2.45, 2.75) is 26.3 Å². The van der Waals surface area contributed by atoms with Gasteiger partial charge in [0.05, 0.1) is 12.3 Å². The van der Waals surface area contributed by atoms with Crippen LogP contribution in [0.25, 0.3) is 0 Å². The highest BCUT2D eigenvalue weighted by atomic mass is 19.1. The van der Waals surface area contributed by atoms with Crippen LogP contribution < -0.4 is 11.1 Å². The van der Waals surface area contributed by atoms with Crippen molar-refractivity contribution >= 4 is 17.3 Å². The molecule has 1 aromatic carbocycles. The van der Waals surface area contributed by atoms with E-state index < -0.39 is 5.82 Å². The second-order valence-electron chi connectivity index (χ2n) is 4.97. The van der Waals surface area contributed by atoms with Crippen LogP contribution in [-0.2, 0) is 9.53 Å². The lowest BCUT2D eigenvalue weighted by molar-refractivity contribution is -0.116. The minimum absolute atomic E-state index is 0.119. The number of hydrogen-bond acceptors (Lipinski definition) is 4. The van der Waals surface area contributed by atoms with E-state index in [0.29, 0.717) is 18.8 Å². The minimum atomic E-state index is -0.488. The monoisotopic (exact) mass is 297 g/mol. The van der Waals surface area contributed by atoms with E-state index in [1.807, 2.05) is 13.8 Å². The Labute approximate surface area is 125 Å². The molecule has 118 valence electrons. The van der Waals surface area contributed by atoms with Crippen molar-refractivity contribution in [2.75, 3.05) is 37.9 Å². The highest BCUT2D eigenvalue weighted by Crippen LogP contribution is 2.17. The number of rotatable bonds is 8. The first-order valence-electron chi connectivity index (χ1n) is 7.05. The van der Waals surface area contributed by atoms with Crippen LogP contribution in [0.4, 0.5) is 15.8 Å². The second-order valence-corrected chi connectivity index (χ2v) is 4.97. The van der Waals surface area contributed by atoms with E-state index in [0.717, 1.165) is 6.54 Å². The number of hydrogen-bond donors (Lipinski definition) is 2. The third kappa shape index (κ3) is 5.69. The highest BCUT2D eigenvalue weighted by molar-refractivity contribution is 5.91. The van der Waals surface area contributed by atoms with Gasteiger partial charge in [0.1, 0.15) is 5.82 Å². The van der Waals surface area contributed by atoms with Crippen LogP contribution in [0.15, 0.2) is 18.2 Å². The predicted molar refractivity (Wildman–Crippen MR) is 82.6 cm³/mol. The summed E-state index contributed by atoms with van der Waals surface area (Å²) >= 11 is 0. The molecule has 0 heterocycles. The van der Waals surface area contributed by atoms with Crippen molar-refractivity contribution in [1.82, 2.24) is 4.90 Å². The molecule has 5 nitrogen and oxygen atoms in total. The van der Waals surface area contributed by atoms with Gasteiger partial charge in [-0.1, -0.05) is 6.92 Å². The summed E-state index contributed by atoms with van der Waals surface area (Å²) in [6.07, 6.45) is 0.288. The zero-order chi connectivity index (χ0) is 15.8. The standard InChI is InChI=1S/C15H24FN3O2/c1-4-19(11(2)10-21-3)8-7-15(20)18-14-9-12(17)5-6-13(14)16/h5-6,9,11H,4,7-8,10,17H2,1-3H3,(H,18,20). The third-order valence-corrected chi connectivity index (χ3v) is 3.33. The molecular formula is C15H24FN3O2. The maximum atomic E-state index is 13.5. The van der Waals surface area contributed by atoms with Gasteiger partial charge in [0.25, 0.3) is 0 Å². The number of carbonyl (C=O) groups excluding carboxylic acids is 1. The summed E-state index contributed by atoms with van der Waals surface area (Å²) < 4.78 is 18.6. The molecule has 1 aromatic rings. The van der Waals surface area contributed by atoms with Gasteiger partial charge in [-0.25, -0.2) is 4.39 Å². The molecule has 1 atom stereocenters. The van der Waals surface area contributed by atoms with Gasteiger partial charge in [-0.15, -0.1) is 0 Å². The highest BCUT2D eigenvalue weighted by Gasteiger charge is 2.14. The summed E-state index contributed by atoms with van der Waals surface area (Å²) in [5.41, 5.74) is 6.11. The van der Waals surface area contributed by atoms with Gasteiger partial charge in [0.15, 0.2) is 0 Å². The molecule has 21 heavy (non-hydrogen) atoms. The van der Waals surface area contributed by atoms with Gasteiger partial charge < -0.3 is 15.8 Å². The zero-order valence-electron chi connectivity index (χ0n) is 12.9. The topological polar surface area (TPSA) is 67.6 Å². The van der Waals surface area contributed by atoms with Crippen molar-refractivity contribution in [1.29, 1.82) is 0 Å². The largest absolute Gasteiger partial charge is 0.399 e. The van der Waals surface area contributed by atoms with Crippen molar-refractivity contribution in [3.8, 4) is 0 Å². The van der Waals surface area contributed by atoms with Crippen molar-refractivity contribution in [2.24, 2.45) is 0 Å². The number of likely N-dealkylation sites (N-methyl/N-ethyl adjacent to an activating group) is 1. The summed E-state index contributed by atoms with van der Waals surface area (Å²) in [5, 5.41) is 2.55. The number of anilines is 2. The van der Waals surface area contributed by atoms with Crippen molar-refractivity contribution in [3.63, 3.8) is 0 Å². The Morgan fingerprint density at radius 2 is 2.24 bits per heavy atom. The van der Waals surface area contributed by atoms with E-state index in [1.54, 1.807) is 7.11 Å². The van der Waals surface area contributed by atoms with E-state index in [1.165, 1.54) is 18.2 Å². The quantitative estimate of drug-likeness (QED) is 0.721. The van der Waals surface area contributed by atoms with Crippen LogP contribution in [-0.4, -0.2) is 43.7 Å². The van der Waals surface area contributed by atoms with Gasteiger partial charge >= 0.3 is 0 Å². The molecule has 0 spiro atoms. The number of ether oxygens (including phenoxy) is 1. The summed E-state index contributed by atoms with van der Waals surface area (Å²) in [4.78, 5) is 14.0. The maximum absolute atomic E-state index is 13.5. The first-order chi connectivity index (χ1) is 9.97. The molecule has 0 aliphatic rings. The fourth-order valence-corrected chi connectivity index (χ4v) is 2.13. The van der Waals surface area contributed by atoms with Crippen LogP contribution in [0.5, 0.6) is 0 Å². The molecule has 0 aliphatic carbocycles. The average molecular weight is 297 g/mol. The van der Waals surface area contributed by atoms with Gasteiger partial charge in [-0.2, -0.15) is 0 Å². The van der Waals surface area contributed by atoms with E-state index in [-0.39, 0.29) is 24.1 Å². The maximum Gasteiger partial charge on any atom is 0.225 e. The number of nitrogens with zero attached hydrogens (tertiary/aromatic N) is 1. The summed E-state index contributed by atoms with van der Waals surface area (Å²) in [6, 6.07) is 4.34. The van der Waals surface area contributed by atoms with Gasteiger partial charge in [-0.3, -0.25) is 9.69 Å². The van der Waals surface area contributed by atoms with E-state index in [9.17, 15) is 9.18 Å². The number of nitrogen functional groups attached to an aromatic ring is 1. The molecule has 1 rings (SSSR count). The Morgan fingerprint density at radius 3 is 2.86 bits per heavy atom. The van der Waals surface area contributed by atoms with Crippen LogP contribution in [0.1, 0.15) is 20.3 Å². The number of carbonyl (C=O) groups is 1.